The van der Waals surface area contributed by atoms with Gasteiger partial charge >= 0.3 is 0 Å². The molecule has 0 unspecified atom stereocenters. The van der Waals surface area contributed by atoms with Crippen molar-refractivity contribution in [3.05, 3.63) is 38.9 Å². The summed E-state index contributed by atoms with van der Waals surface area (Å²) in [7, 11) is 0. The summed E-state index contributed by atoms with van der Waals surface area (Å²) in [6, 6.07) is 4.24. The van der Waals surface area contributed by atoms with Crippen molar-refractivity contribution >= 4 is 23.5 Å². The zero-order valence-electron chi connectivity index (χ0n) is 6.35. The third-order valence-electron chi connectivity index (χ3n) is 1.40. The first-order chi connectivity index (χ1) is 6.16. The molecule has 1 aromatic carbocycles. The van der Waals surface area contributed by atoms with Crippen molar-refractivity contribution in [3.8, 4) is 0 Å². The Morgan fingerprint density at radius 3 is 2.85 bits per heavy atom. The van der Waals surface area contributed by atoms with E-state index in [2.05, 4.69) is 5.16 Å². The highest BCUT2D eigenvalue weighted by Crippen LogP contribution is 2.26. The van der Waals surface area contributed by atoms with Gasteiger partial charge < -0.3 is 5.21 Å². The van der Waals surface area contributed by atoms with Crippen molar-refractivity contribution in [2.75, 3.05) is 0 Å². The Bertz CT molecular complexity index is 365. The van der Waals surface area contributed by atoms with E-state index in [0.717, 1.165) is 6.21 Å². The van der Waals surface area contributed by atoms with Gasteiger partial charge in [0.1, 0.15) is 5.02 Å². The van der Waals surface area contributed by atoms with Crippen LogP contribution < -0.4 is 0 Å². The van der Waals surface area contributed by atoms with Crippen LogP contribution in [0, 0.1) is 10.1 Å². The summed E-state index contributed by atoms with van der Waals surface area (Å²) in [5.74, 6) is 0. The van der Waals surface area contributed by atoms with Gasteiger partial charge in [-0.1, -0.05) is 28.9 Å². The molecule has 0 aliphatic carbocycles. The highest BCUT2D eigenvalue weighted by atomic mass is 35.5. The van der Waals surface area contributed by atoms with Crippen LogP contribution in [0.2, 0.25) is 5.02 Å². The van der Waals surface area contributed by atoms with Crippen molar-refractivity contribution in [1.82, 2.24) is 0 Å². The summed E-state index contributed by atoms with van der Waals surface area (Å²) in [6.07, 6.45) is 1.04. The predicted octanol–water partition coefficient (Wildman–Crippen LogP) is 2.06. The Hall–Kier alpha value is -1.62. The number of nitrogens with zero attached hydrogens (tertiary/aromatic N) is 2. The Morgan fingerprint density at radius 2 is 2.31 bits per heavy atom. The third-order valence-corrected chi connectivity index (χ3v) is 1.81. The van der Waals surface area contributed by atoms with E-state index in [-0.39, 0.29) is 10.7 Å². The van der Waals surface area contributed by atoms with Crippen LogP contribution in [-0.4, -0.2) is 16.3 Å². The molecule has 0 atom stereocenters. The Balaban J connectivity index is 3.26. The van der Waals surface area contributed by atoms with E-state index in [4.69, 9.17) is 16.8 Å². The predicted molar refractivity (Wildman–Crippen MR) is 47.5 cm³/mol. The minimum Gasteiger partial charge on any atom is -0.411 e. The average Bonchev–Trinajstić information content (AvgIpc) is 2.08. The van der Waals surface area contributed by atoms with Crippen molar-refractivity contribution in [1.29, 1.82) is 0 Å². The molecule has 0 fully saturated rings. The van der Waals surface area contributed by atoms with Crippen LogP contribution in [0.4, 0.5) is 5.69 Å². The second kappa shape index (κ2) is 3.86. The fourth-order valence-corrected chi connectivity index (χ4v) is 1.08. The smallest absolute Gasteiger partial charge is 0.288 e. The van der Waals surface area contributed by atoms with Crippen LogP contribution in [0.1, 0.15) is 5.56 Å². The number of hydrogen-bond donors (Lipinski definition) is 1. The van der Waals surface area contributed by atoms with Gasteiger partial charge in [-0.15, -0.1) is 0 Å². The van der Waals surface area contributed by atoms with Crippen molar-refractivity contribution in [2.45, 2.75) is 0 Å². The Labute approximate surface area is 78.4 Å². The zero-order valence-corrected chi connectivity index (χ0v) is 7.10. The van der Waals surface area contributed by atoms with E-state index < -0.39 is 4.92 Å². The van der Waals surface area contributed by atoms with Gasteiger partial charge in [-0.3, -0.25) is 10.1 Å². The lowest BCUT2D eigenvalue weighted by Crippen LogP contribution is -1.92. The van der Waals surface area contributed by atoms with Gasteiger partial charge in [0.2, 0.25) is 0 Å². The number of benzene rings is 1. The molecule has 0 spiro atoms. The molecule has 0 amide bonds. The minimum atomic E-state index is -0.600. The zero-order chi connectivity index (χ0) is 9.84. The van der Waals surface area contributed by atoms with Crippen LogP contribution in [0.3, 0.4) is 0 Å². The largest absolute Gasteiger partial charge is 0.411 e. The number of oxime groups is 1. The molecule has 5 nitrogen and oxygen atoms in total. The first kappa shape index (κ1) is 9.47. The van der Waals surface area contributed by atoms with Crippen LogP contribution in [0.25, 0.3) is 0 Å². The molecule has 6 heteroatoms. The van der Waals surface area contributed by atoms with E-state index >= 15 is 0 Å². The molecule has 0 saturated carbocycles. The normalized spacial score (nSPS) is 10.5. The van der Waals surface area contributed by atoms with Gasteiger partial charge in [-0.05, 0) is 0 Å². The first-order valence-electron chi connectivity index (χ1n) is 3.27. The molecule has 0 aliphatic heterocycles. The molecule has 0 radical (unpaired) electrons. The SMILES string of the molecule is O=[N+]([O-])c1cccc(/C=N/O)c1Cl. The molecule has 0 saturated heterocycles. The van der Waals surface area contributed by atoms with Gasteiger partial charge in [0.05, 0.1) is 11.1 Å². The molecular weight excluding hydrogens is 196 g/mol. The number of rotatable bonds is 2. The van der Waals surface area contributed by atoms with Gasteiger partial charge in [-0.25, -0.2) is 0 Å². The molecule has 68 valence electrons. The first-order valence-corrected chi connectivity index (χ1v) is 3.65. The van der Waals surface area contributed by atoms with Crippen LogP contribution >= 0.6 is 11.6 Å². The maximum absolute atomic E-state index is 10.4. The van der Waals surface area contributed by atoms with Gasteiger partial charge in [-0.2, -0.15) is 0 Å². The molecule has 0 heterocycles. The van der Waals surface area contributed by atoms with E-state index in [0.29, 0.717) is 5.56 Å². The maximum Gasteiger partial charge on any atom is 0.288 e. The molecule has 1 aromatic rings. The molecule has 1 rings (SSSR count). The monoisotopic (exact) mass is 200 g/mol. The summed E-state index contributed by atoms with van der Waals surface area (Å²) < 4.78 is 0. The second-order valence-electron chi connectivity index (χ2n) is 2.18. The summed E-state index contributed by atoms with van der Waals surface area (Å²) in [5, 5.41) is 21.3. The maximum atomic E-state index is 10.4. The standard InChI is InChI=1S/C7H5ClN2O3/c8-7-5(4-9-11)2-1-3-6(7)10(12)13/h1-4,11H/b9-4+. The topological polar surface area (TPSA) is 75.7 Å². The molecule has 1 N–H and O–H groups in total. The van der Waals surface area contributed by atoms with Crippen LogP contribution in [0.15, 0.2) is 23.4 Å². The average molecular weight is 201 g/mol. The number of nitro benzene ring substituents is 1. The molecule has 0 aromatic heterocycles. The Kier molecular flexibility index (Phi) is 2.81. The summed E-state index contributed by atoms with van der Waals surface area (Å²) in [6.45, 7) is 0. The van der Waals surface area contributed by atoms with Gasteiger partial charge in [0.15, 0.2) is 0 Å². The quantitative estimate of drug-likeness (QED) is 0.344. The lowest BCUT2D eigenvalue weighted by atomic mass is 10.2. The highest BCUT2D eigenvalue weighted by molar-refractivity contribution is 6.35. The van der Waals surface area contributed by atoms with Gasteiger partial charge in [0.25, 0.3) is 5.69 Å². The molecule has 13 heavy (non-hydrogen) atoms. The fraction of sp³-hybridized carbons (Fsp3) is 0. The van der Waals surface area contributed by atoms with Gasteiger partial charge in [0, 0.05) is 11.6 Å². The van der Waals surface area contributed by atoms with Crippen LogP contribution in [-0.2, 0) is 0 Å². The number of halogens is 1. The molecular formula is C7H5ClN2O3. The van der Waals surface area contributed by atoms with E-state index in [1.807, 2.05) is 0 Å². The Morgan fingerprint density at radius 1 is 1.62 bits per heavy atom. The van der Waals surface area contributed by atoms with Crippen molar-refractivity contribution < 1.29 is 10.1 Å². The molecule has 0 aliphatic rings. The summed E-state index contributed by atoms with van der Waals surface area (Å²) >= 11 is 5.64. The summed E-state index contributed by atoms with van der Waals surface area (Å²) in [4.78, 5) is 9.79. The fourth-order valence-electron chi connectivity index (χ4n) is 0.840. The third kappa shape index (κ3) is 1.94. The number of nitro groups is 1. The number of hydrogen-bond acceptors (Lipinski definition) is 4. The van der Waals surface area contributed by atoms with E-state index in [1.165, 1.54) is 18.2 Å². The van der Waals surface area contributed by atoms with E-state index in [9.17, 15) is 10.1 Å². The van der Waals surface area contributed by atoms with Crippen molar-refractivity contribution in [2.24, 2.45) is 5.16 Å². The second-order valence-corrected chi connectivity index (χ2v) is 2.56. The summed E-state index contributed by atoms with van der Waals surface area (Å²) in [5.41, 5.74) is 0.0948. The minimum absolute atomic E-state index is 0.0368. The lowest BCUT2D eigenvalue weighted by Gasteiger charge is -1.97. The van der Waals surface area contributed by atoms with Crippen LogP contribution in [0.5, 0.6) is 0 Å². The lowest BCUT2D eigenvalue weighted by molar-refractivity contribution is -0.384. The molecule has 0 bridgehead atoms. The van der Waals surface area contributed by atoms with Crippen molar-refractivity contribution in [3.63, 3.8) is 0 Å². The van der Waals surface area contributed by atoms with E-state index in [1.54, 1.807) is 0 Å². The highest BCUT2D eigenvalue weighted by Gasteiger charge is 2.13.